The number of nitrogens with one attached hydrogen (secondary N) is 1. The second kappa shape index (κ2) is 6.35. The molecular formula is C14H20N4O2. The minimum absolute atomic E-state index is 0.0922. The number of nitro benzene ring substituents is 1. The summed E-state index contributed by atoms with van der Waals surface area (Å²) in [6.45, 7) is 6.58. The van der Waals surface area contributed by atoms with Gasteiger partial charge in [-0.25, -0.2) is 0 Å². The zero-order chi connectivity index (χ0) is 15.3. The number of nitriles is 1. The lowest BCUT2D eigenvalue weighted by atomic mass is 9.90. The van der Waals surface area contributed by atoms with E-state index in [0.29, 0.717) is 18.2 Å². The molecule has 0 saturated carbocycles. The first-order chi connectivity index (χ1) is 9.31. The zero-order valence-electron chi connectivity index (χ0n) is 12.0. The normalized spacial score (nSPS) is 13.6. The van der Waals surface area contributed by atoms with Crippen LogP contribution in [0.15, 0.2) is 18.2 Å². The van der Waals surface area contributed by atoms with Gasteiger partial charge in [0.25, 0.3) is 5.69 Å². The van der Waals surface area contributed by atoms with Gasteiger partial charge in [0.05, 0.1) is 16.2 Å². The molecule has 0 saturated heterocycles. The number of hydrogen-bond donors (Lipinski definition) is 2. The molecule has 1 unspecified atom stereocenters. The lowest BCUT2D eigenvalue weighted by Crippen LogP contribution is -2.43. The summed E-state index contributed by atoms with van der Waals surface area (Å²) in [4.78, 5) is 10.2. The maximum atomic E-state index is 10.7. The number of benzene rings is 1. The van der Waals surface area contributed by atoms with Gasteiger partial charge in [-0.15, -0.1) is 0 Å². The summed E-state index contributed by atoms with van der Waals surface area (Å²) < 4.78 is 0. The fourth-order valence-electron chi connectivity index (χ4n) is 2.26. The summed E-state index contributed by atoms with van der Waals surface area (Å²) >= 11 is 0. The predicted octanol–water partition coefficient (Wildman–Crippen LogP) is 2.64. The maximum absolute atomic E-state index is 10.7. The Morgan fingerprint density at radius 2 is 2.20 bits per heavy atom. The van der Waals surface area contributed by atoms with Gasteiger partial charge in [0.2, 0.25) is 0 Å². The average molecular weight is 276 g/mol. The van der Waals surface area contributed by atoms with Gasteiger partial charge in [0, 0.05) is 24.2 Å². The van der Waals surface area contributed by atoms with Crippen LogP contribution in [-0.4, -0.2) is 17.0 Å². The van der Waals surface area contributed by atoms with Crippen LogP contribution in [0, 0.1) is 27.4 Å². The van der Waals surface area contributed by atoms with E-state index in [2.05, 4.69) is 19.2 Å². The Labute approximate surface area is 118 Å². The second-order valence-electron chi connectivity index (χ2n) is 5.59. The summed E-state index contributed by atoms with van der Waals surface area (Å²) in [6.07, 6.45) is 0.839. The lowest BCUT2D eigenvalue weighted by Gasteiger charge is -2.32. The van der Waals surface area contributed by atoms with Crippen LogP contribution < -0.4 is 11.1 Å². The molecule has 0 bridgehead atoms. The Morgan fingerprint density at radius 3 is 2.65 bits per heavy atom. The summed E-state index contributed by atoms with van der Waals surface area (Å²) in [6, 6.07) is 6.20. The highest BCUT2D eigenvalue weighted by Crippen LogP contribution is 2.26. The molecule has 1 atom stereocenters. The van der Waals surface area contributed by atoms with Gasteiger partial charge in [-0.3, -0.25) is 10.1 Å². The Morgan fingerprint density at radius 1 is 1.55 bits per heavy atom. The molecule has 0 fully saturated rings. The first-order valence-electron chi connectivity index (χ1n) is 6.48. The van der Waals surface area contributed by atoms with E-state index in [0.717, 1.165) is 6.42 Å². The highest BCUT2D eigenvalue weighted by Gasteiger charge is 2.25. The summed E-state index contributed by atoms with van der Waals surface area (Å²) in [5.74, 6) is 0.444. The molecule has 6 nitrogen and oxygen atoms in total. The molecule has 1 aromatic rings. The van der Waals surface area contributed by atoms with Crippen molar-refractivity contribution in [3.63, 3.8) is 0 Å². The van der Waals surface area contributed by atoms with E-state index in [1.54, 1.807) is 6.07 Å². The van der Waals surface area contributed by atoms with E-state index in [1.807, 2.05) is 13.0 Å². The standard InChI is InChI=1S/C14H20N4O2/c1-10(2)7-14(3,9-16)17-13-5-4-12(18(19)20)6-11(13)8-15/h4-6,10,17H,7,9,16H2,1-3H3. The summed E-state index contributed by atoms with van der Waals surface area (Å²) in [7, 11) is 0. The topological polar surface area (TPSA) is 105 Å². The van der Waals surface area contributed by atoms with Crippen LogP contribution in [-0.2, 0) is 0 Å². The van der Waals surface area contributed by atoms with Gasteiger partial charge < -0.3 is 11.1 Å². The maximum Gasteiger partial charge on any atom is 0.270 e. The number of hydrogen-bond acceptors (Lipinski definition) is 5. The molecule has 20 heavy (non-hydrogen) atoms. The molecule has 1 rings (SSSR count). The average Bonchev–Trinajstić information content (AvgIpc) is 2.37. The molecule has 0 aliphatic carbocycles. The van der Waals surface area contributed by atoms with Crippen LogP contribution >= 0.6 is 0 Å². The van der Waals surface area contributed by atoms with Crippen molar-refractivity contribution in [1.82, 2.24) is 0 Å². The molecule has 1 aromatic carbocycles. The molecule has 0 spiro atoms. The third kappa shape index (κ3) is 3.93. The minimum Gasteiger partial charge on any atom is -0.378 e. The van der Waals surface area contributed by atoms with Crippen molar-refractivity contribution in [2.75, 3.05) is 11.9 Å². The molecule has 0 radical (unpaired) electrons. The quantitative estimate of drug-likeness (QED) is 0.613. The van der Waals surface area contributed by atoms with E-state index in [1.165, 1.54) is 12.1 Å². The molecular weight excluding hydrogens is 256 g/mol. The molecule has 0 heterocycles. The highest BCUT2D eigenvalue weighted by molar-refractivity contribution is 5.62. The number of nitrogens with zero attached hydrogens (tertiary/aromatic N) is 2. The SMILES string of the molecule is CC(C)CC(C)(CN)Nc1ccc([N+](=O)[O-])cc1C#N. The molecule has 3 N–H and O–H groups in total. The van der Waals surface area contributed by atoms with Crippen LogP contribution in [0.4, 0.5) is 11.4 Å². The fraction of sp³-hybridized carbons (Fsp3) is 0.500. The van der Waals surface area contributed by atoms with Crippen molar-refractivity contribution >= 4 is 11.4 Å². The van der Waals surface area contributed by atoms with Crippen molar-refractivity contribution in [2.45, 2.75) is 32.7 Å². The molecule has 0 aliphatic rings. The molecule has 6 heteroatoms. The molecule has 0 aromatic heterocycles. The van der Waals surface area contributed by atoms with E-state index < -0.39 is 4.92 Å². The first-order valence-corrected chi connectivity index (χ1v) is 6.48. The minimum atomic E-state index is -0.513. The fourth-order valence-corrected chi connectivity index (χ4v) is 2.26. The van der Waals surface area contributed by atoms with Crippen LogP contribution in [0.25, 0.3) is 0 Å². The summed E-state index contributed by atoms with van der Waals surface area (Å²) in [5, 5.41) is 23.1. The number of anilines is 1. The van der Waals surface area contributed by atoms with E-state index in [4.69, 9.17) is 11.0 Å². The van der Waals surface area contributed by atoms with Crippen LogP contribution in [0.5, 0.6) is 0 Å². The van der Waals surface area contributed by atoms with Crippen molar-refractivity contribution in [1.29, 1.82) is 5.26 Å². The van der Waals surface area contributed by atoms with Gasteiger partial charge in [0.1, 0.15) is 6.07 Å². The molecule has 108 valence electrons. The third-order valence-corrected chi connectivity index (χ3v) is 3.08. The Bertz CT molecular complexity index is 536. The highest BCUT2D eigenvalue weighted by atomic mass is 16.6. The van der Waals surface area contributed by atoms with Crippen molar-refractivity contribution in [2.24, 2.45) is 11.7 Å². The van der Waals surface area contributed by atoms with E-state index >= 15 is 0 Å². The molecule has 0 aliphatic heterocycles. The van der Waals surface area contributed by atoms with Crippen molar-refractivity contribution < 1.29 is 4.92 Å². The summed E-state index contributed by atoms with van der Waals surface area (Å²) in [5.41, 5.74) is 6.20. The number of rotatable bonds is 6. The third-order valence-electron chi connectivity index (χ3n) is 3.08. The largest absolute Gasteiger partial charge is 0.378 e. The van der Waals surface area contributed by atoms with E-state index in [-0.39, 0.29) is 16.8 Å². The van der Waals surface area contributed by atoms with Crippen LogP contribution in [0.1, 0.15) is 32.8 Å². The number of non-ortho nitro benzene ring substituents is 1. The lowest BCUT2D eigenvalue weighted by molar-refractivity contribution is -0.384. The monoisotopic (exact) mass is 276 g/mol. The van der Waals surface area contributed by atoms with Gasteiger partial charge in [-0.2, -0.15) is 5.26 Å². The Balaban J connectivity index is 3.08. The Hall–Kier alpha value is -2.13. The van der Waals surface area contributed by atoms with Gasteiger partial charge >= 0.3 is 0 Å². The van der Waals surface area contributed by atoms with Gasteiger partial charge in [0.15, 0.2) is 0 Å². The smallest absolute Gasteiger partial charge is 0.270 e. The van der Waals surface area contributed by atoms with Gasteiger partial charge in [-0.1, -0.05) is 13.8 Å². The van der Waals surface area contributed by atoms with Crippen LogP contribution in [0.3, 0.4) is 0 Å². The number of nitrogens with two attached hydrogens (primary N) is 1. The van der Waals surface area contributed by atoms with Crippen molar-refractivity contribution in [3.8, 4) is 6.07 Å². The Kier molecular flexibility index (Phi) is 5.06. The van der Waals surface area contributed by atoms with Crippen molar-refractivity contribution in [3.05, 3.63) is 33.9 Å². The molecule has 0 amide bonds. The number of nitro groups is 1. The second-order valence-corrected chi connectivity index (χ2v) is 5.59. The first kappa shape index (κ1) is 15.9. The zero-order valence-corrected chi connectivity index (χ0v) is 12.0. The van der Waals surface area contributed by atoms with Gasteiger partial charge in [-0.05, 0) is 25.3 Å². The van der Waals surface area contributed by atoms with Crippen LogP contribution in [0.2, 0.25) is 0 Å². The van der Waals surface area contributed by atoms with E-state index in [9.17, 15) is 10.1 Å². The predicted molar refractivity (Wildman–Crippen MR) is 78.3 cm³/mol.